The Morgan fingerprint density at radius 1 is 1.33 bits per heavy atom. The number of anilines is 1. The molecule has 3 rings (SSSR count). The summed E-state index contributed by atoms with van der Waals surface area (Å²) in [5, 5.41) is 12.4. The van der Waals surface area contributed by atoms with Gasteiger partial charge < -0.3 is 15.2 Å². The van der Waals surface area contributed by atoms with Crippen molar-refractivity contribution in [2.45, 2.75) is 6.04 Å². The van der Waals surface area contributed by atoms with E-state index in [9.17, 15) is 9.50 Å². The Morgan fingerprint density at radius 3 is 3.06 bits per heavy atom. The van der Waals surface area contributed by atoms with Crippen LogP contribution < -0.4 is 10.1 Å². The molecule has 5 heteroatoms. The second-order valence-corrected chi connectivity index (χ2v) is 4.08. The van der Waals surface area contributed by atoms with Crippen molar-refractivity contribution in [3.05, 3.63) is 47.9 Å². The number of hydrogen-bond donors (Lipinski definition) is 2. The maximum Gasteiger partial charge on any atom is 0.214 e. The molecule has 0 saturated heterocycles. The van der Waals surface area contributed by atoms with Crippen LogP contribution in [0.4, 0.5) is 10.2 Å². The van der Waals surface area contributed by atoms with Gasteiger partial charge in [-0.1, -0.05) is 6.07 Å². The number of phenols is 1. The fourth-order valence-corrected chi connectivity index (χ4v) is 1.99. The SMILES string of the molecule is Oc1ccc2c(c1)OCC2Nc1cccc(F)n1. The summed E-state index contributed by atoms with van der Waals surface area (Å²) in [6.07, 6.45) is 0. The van der Waals surface area contributed by atoms with Gasteiger partial charge in [0, 0.05) is 11.6 Å². The van der Waals surface area contributed by atoms with Crippen LogP contribution in [0.1, 0.15) is 11.6 Å². The highest BCUT2D eigenvalue weighted by molar-refractivity contribution is 5.48. The van der Waals surface area contributed by atoms with Crippen LogP contribution in [0.2, 0.25) is 0 Å². The first kappa shape index (κ1) is 10.8. The van der Waals surface area contributed by atoms with Crippen molar-refractivity contribution >= 4 is 5.82 Å². The van der Waals surface area contributed by atoms with E-state index in [1.807, 2.05) is 0 Å². The Balaban J connectivity index is 1.85. The van der Waals surface area contributed by atoms with Gasteiger partial charge in [0.1, 0.15) is 23.9 Å². The van der Waals surface area contributed by atoms with Gasteiger partial charge in [-0.15, -0.1) is 0 Å². The first-order valence-electron chi connectivity index (χ1n) is 5.57. The molecule has 4 nitrogen and oxygen atoms in total. The highest BCUT2D eigenvalue weighted by atomic mass is 19.1. The second kappa shape index (κ2) is 4.18. The number of hydrogen-bond acceptors (Lipinski definition) is 4. The lowest BCUT2D eigenvalue weighted by molar-refractivity contribution is 0.338. The monoisotopic (exact) mass is 246 g/mol. The van der Waals surface area contributed by atoms with E-state index in [-0.39, 0.29) is 11.8 Å². The number of pyridine rings is 1. The van der Waals surface area contributed by atoms with E-state index < -0.39 is 5.95 Å². The zero-order valence-corrected chi connectivity index (χ0v) is 9.43. The summed E-state index contributed by atoms with van der Waals surface area (Å²) in [6.45, 7) is 0.428. The molecule has 2 N–H and O–H groups in total. The van der Waals surface area contributed by atoms with Gasteiger partial charge in [-0.2, -0.15) is 4.39 Å². The molecule has 2 aromatic rings. The van der Waals surface area contributed by atoms with E-state index in [0.29, 0.717) is 18.2 Å². The molecule has 1 aliphatic heterocycles. The highest BCUT2D eigenvalue weighted by Gasteiger charge is 2.24. The average Bonchev–Trinajstić information content (AvgIpc) is 2.72. The van der Waals surface area contributed by atoms with E-state index in [1.165, 1.54) is 6.07 Å². The van der Waals surface area contributed by atoms with E-state index in [0.717, 1.165) is 5.56 Å². The lowest BCUT2D eigenvalue weighted by Gasteiger charge is -2.12. The first-order chi connectivity index (χ1) is 8.72. The van der Waals surface area contributed by atoms with Crippen molar-refractivity contribution in [3.8, 4) is 11.5 Å². The molecule has 1 atom stereocenters. The van der Waals surface area contributed by atoms with Gasteiger partial charge in [-0.25, -0.2) is 4.98 Å². The highest BCUT2D eigenvalue weighted by Crippen LogP contribution is 2.36. The molecule has 0 bridgehead atoms. The molecule has 1 aromatic carbocycles. The number of aromatic hydroxyl groups is 1. The Kier molecular flexibility index (Phi) is 2.51. The third-order valence-corrected chi connectivity index (χ3v) is 2.82. The summed E-state index contributed by atoms with van der Waals surface area (Å²) < 4.78 is 18.4. The topological polar surface area (TPSA) is 54.4 Å². The van der Waals surface area contributed by atoms with Crippen LogP contribution in [-0.2, 0) is 0 Å². The fraction of sp³-hybridized carbons (Fsp3) is 0.154. The largest absolute Gasteiger partial charge is 0.508 e. The maximum absolute atomic E-state index is 13.0. The van der Waals surface area contributed by atoms with Crippen LogP contribution in [-0.4, -0.2) is 16.7 Å². The van der Waals surface area contributed by atoms with Crippen molar-refractivity contribution in [1.82, 2.24) is 4.98 Å². The van der Waals surface area contributed by atoms with E-state index >= 15 is 0 Å². The zero-order chi connectivity index (χ0) is 12.5. The number of rotatable bonds is 2. The average molecular weight is 246 g/mol. The van der Waals surface area contributed by atoms with Crippen molar-refractivity contribution in [2.75, 3.05) is 11.9 Å². The number of fused-ring (bicyclic) bond motifs is 1. The number of benzene rings is 1. The molecular weight excluding hydrogens is 235 g/mol. The van der Waals surface area contributed by atoms with Gasteiger partial charge in [-0.05, 0) is 24.3 Å². The molecular formula is C13H11FN2O2. The van der Waals surface area contributed by atoms with Crippen LogP contribution in [0.3, 0.4) is 0 Å². The number of aromatic nitrogens is 1. The number of ether oxygens (including phenoxy) is 1. The van der Waals surface area contributed by atoms with Crippen LogP contribution in [0, 0.1) is 5.95 Å². The standard InChI is InChI=1S/C13H11FN2O2/c14-12-2-1-3-13(16-12)15-10-7-18-11-6-8(17)4-5-9(10)11/h1-6,10,17H,7H2,(H,15,16). The number of halogens is 1. The molecule has 1 unspecified atom stereocenters. The van der Waals surface area contributed by atoms with Gasteiger partial charge in [0.2, 0.25) is 5.95 Å². The maximum atomic E-state index is 13.0. The number of nitrogens with one attached hydrogen (secondary N) is 1. The van der Waals surface area contributed by atoms with Gasteiger partial charge >= 0.3 is 0 Å². The lowest BCUT2D eigenvalue weighted by atomic mass is 10.1. The van der Waals surface area contributed by atoms with Gasteiger partial charge in [0.25, 0.3) is 0 Å². The smallest absolute Gasteiger partial charge is 0.214 e. The normalized spacial score (nSPS) is 17.1. The molecule has 18 heavy (non-hydrogen) atoms. The predicted molar refractivity (Wildman–Crippen MR) is 64.2 cm³/mol. The predicted octanol–water partition coefficient (Wildman–Crippen LogP) is 2.47. The molecule has 1 aromatic heterocycles. The molecule has 0 radical (unpaired) electrons. The van der Waals surface area contributed by atoms with Crippen molar-refractivity contribution in [1.29, 1.82) is 0 Å². The Hall–Kier alpha value is -2.30. The van der Waals surface area contributed by atoms with Crippen molar-refractivity contribution in [3.63, 3.8) is 0 Å². The summed E-state index contributed by atoms with van der Waals surface area (Å²) in [6, 6.07) is 9.45. The third kappa shape index (κ3) is 1.95. The molecule has 0 spiro atoms. The van der Waals surface area contributed by atoms with E-state index in [2.05, 4.69) is 10.3 Å². The summed E-state index contributed by atoms with van der Waals surface area (Å²) in [7, 11) is 0. The summed E-state index contributed by atoms with van der Waals surface area (Å²) in [5.41, 5.74) is 0.930. The first-order valence-corrected chi connectivity index (χ1v) is 5.57. The van der Waals surface area contributed by atoms with E-state index in [4.69, 9.17) is 4.74 Å². The Morgan fingerprint density at radius 2 is 2.22 bits per heavy atom. The zero-order valence-electron chi connectivity index (χ0n) is 9.43. The molecule has 0 aliphatic carbocycles. The molecule has 1 aliphatic rings. The number of nitrogens with zero attached hydrogens (tertiary/aromatic N) is 1. The van der Waals surface area contributed by atoms with E-state index in [1.54, 1.807) is 30.3 Å². The van der Waals surface area contributed by atoms with Crippen molar-refractivity contribution in [2.24, 2.45) is 0 Å². The lowest BCUT2D eigenvalue weighted by Crippen LogP contribution is -2.13. The van der Waals surface area contributed by atoms with Crippen molar-refractivity contribution < 1.29 is 14.2 Å². The second-order valence-electron chi connectivity index (χ2n) is 4.08. The Bertz CT molecular complexity index is 589. The molecule has 0 fully saturated rings. The minimum atomic E-state index is -0.523. The van der Waals surface area contributed by atoms with Gasteiger partial charge in [-0.3, -0.25) is 0 Å². The minimum absolute atomic E-state index is 0.0881. The third-order valence-electron chi connectivity index (χ3n) is 2.82. The van der Waals surface area contributed by atoms with Crippen LogP contribution in [0.25, 0.3) is 0 Å². The molecule has 0 saturated carbocycles. The number of phenolic OH excluding ortho intramolecular Hbond substituents is 1. The molecule has 0 amide bonds. The minimum Gasteiger partial charge on any atom is -0.508 e. The van der Waals surface area contributed by atoms with Crippen LogP contribution >= 0.6 is 0 Å². The molecule has 2 heterocycles. The van der Waals surface area contributed by atoms with Gasteiger partial charge in [0.05, 0.1) is 6.04 Å². The van der Waals surface area contributed by atoms with Crippen LogP contribution in [0.15, 0.2) is 36.4 Å². The molecule has 92 valence electrons. The fourth-order valence-electron chi connectivity index (χ4n) is 1.99. The summed E-state index contributed by atoms with van der Waals surface area (Å²) in [4.78, 5) is 3.74. The quantitative estimate of drug-likeness (QED) is 0.799. The van der Waals surface area contributed by atoms with Gasteiger partial charge in [0.15, 0.2) is 0 Å². The summed E-state index contributed by atoms with van der Waals surface area (Å²) >= 11 is 0. The Labute approximate surface area is 103 Å². The van der Waals surface area contributed by atoms with Crippen LogP contribution in [0.5, 0.6) is 11.5 Å². The summed E-state index contributed by atoms with van der Waals surface area (Å²) in [5.74, 6) is 0.747.